The first kappa shape index (κ1) is 82.3. The number of rotatable bonds is 24. The Bertz CT molecular complexity index is 4260. The molecule has 0 spiro atoms. The third-order valence-corrected chi connectivity index (χ3v) is 15.6. The summed E-state index contributed by atoms with van der Waals surface area (Å²) >= 11 is 0. The molecule has 1 unspecified atom stereocenters. The normalized spacial score (nSPS) is 13.7. The minimum Gasteiger partial charge on any atom is -0.476 e. The van der Waals surface area contributed by atoms with Crippen LogP contribution in [0.15, 0.2) is 122 Å². The Morgan fingerprint density at radius 3 is 1.43 bits per heavy atom. The summed E-state index contributed by atoms with van der Waals surface area (Å²) in [4.78, 5) is 83.8. The Hall–Kier alpha value is -10.6. The summed E-state index contributed by atoms with van der Waals surface area (Å²) in [5.74, 6) is -2.39. The average molecular weight is 1480 g/mol. The molecule has 9 heterocycles. The van der Waals surface area contributed by atoms with E-state index in [2.05, 4.69) is 74.6 Å². The molecule has 1 aliphatic rings. The molecule has 8 aromatic heterocycles. The Kier molecular flexibility index (Phi) is 29.3. The highest BCUT2D eigenvalue weighted by Gasteiger charge is 2.40. The molecule has 8 aromatic rings. The van der Waals surface area contributed by atoms with Crippen molar-refractivity contribution in [3.63, 3.8) is 0 Å². The predicted octanol–water partition coefficient (Wildman–Crippen LogP) is 12.9. The molecule has 0 radical (unpaired) electrons. The molecule has 0 aromatic carbocycles. The molecule has 0 aliphatic carbocycles. The van der Waals surface area contributed by atoms with E-state index in [-0.39, 0.29) is 114 Å². The van der Waals surface area contributed by atoms with Crippen LogP contribution in [0.25, 0.3) is 0 Å². The zero-order chi connectivity index (χ0) is 77.0. The van der Waals surface area contributed by atoms with E-state index in [4.69, 9.17) is 33.4 Å². The molecule has 9 rings (SSSR count). The fraction of sp³-hybridized carbons (Fsp3) is 0.371. The highest BCUT2D eigenvalue weighted by atomic mass is 19.4. The number of hydrogen-bond donors (Lipinski definition) is 9. The monoisotopic (exact) mass is 1480 g/mol. The number of nitrogens with two attached hydrogens (primary N) is 5. The second-order valence-electron chi connectivity index (χ2n) is 24.6. The number of anilines is 7. The van der Waals surface area contributed by atoms with Crippen LogP contribution in [0.4, 0.5) is 89.0 Å². The lowest BCUT2D eigenvalue weighted by Gasteiger charge is -2.35. The topological polar surface area (TPSA) is 370 Å². The van der Waals surface area contributed by atoms with Crippen LogP contribution in [-0.2, 0) is 24.9 Å². The van der Waals surface area contributed by atoms with Crippen LogP contribution in [0.1, 0.15) is 156 Å². The van der Waals surface area contributed by atoms with Gasteiger partial charge >= 0.3 is 18.5 Å². The molecule has 1 saturated heterocycles. The molecule has 0 saturated carbocycles. The Labute approximate surface area is 600 Å². The molecule has 34 heteroatoms. The van der Waals surface area contributed by atoms with Gasteiger partial charge in [-0.1, -0.05) is 54.5 Å². The molecule has 23 nitrogen and oxygen atoms in total. The SMILES string of the molecule is CC(C)C(CO)Nc1ccc(C(F)(F)F)c(C(=O)c2cccnc2N)n1.CC(C)C[C@H]1CN(c2ccc(CC(F)F)c(C(=O)c3cccnc3N)n2)CCN1.CC(C)[C@H](N)COc1ccc(C(F)(F)F)c(C(=O)c2cccnc2N)n1.CCCNc1ccc(C(F)(F)F)c(C(=O)c2cccnc2N)n1.[HH].[HH].[HH].[HH].[HH].[HH]. The lowest BCUT2D eigenvalue weighted by molar-refractivity contribution is -0.139. The number of aliphatic hydroxyl groups excluding tert-OH is 1. The first-order valence-corrected chi connectivity index (χ1v) is 32.5. The first-order valence-electron chi connectivity index (χ1n) is 32.5. The van der Waals surface area contributed by atoms with Crippen molar-refractivity contribution in [3.05, 3.63) is 189 Å². The van der Waals surface area contributed by atoms with E-state index in [0.717, 1.165) is 62.8 Å². The molecule has 14 N–H and O–H groups in total. The van der Waals surface area contributed by atoms with Crippen LogP contribution in [-0.4, -0.2) is 132 Å². The number of carbonyl (C=O) groups excluding carboxylic acids is 4. The molecule has 3 atom stereocenters. The van der Waals surface area contributed by atoms with Gasteiger partial charge in [0.2, 0.25) is 35.4 Å². The largest absolute Gasteiger partial charge is 0.476 e. The Morgan fingerprint density at radius 2 is 1.03 bits per heavy atom. The number of hydrogen-bond acceptors (Lipinski definition) is 23. The van der Waals surface area contributed by atoms with Crippen molar-refractivity contribution in [3.8, 4) is 5.88 Å². The maximum absolute atomic E-state index is 13.3. The summed E-state index contributed by atoms with van der Waals surface area (Å²) in [5.41, 5.74) is 22.7. The van der Waals surface area contributed by atoms with E-state index in [1.807, 2.05) is 34.6 Å². The predicted molar refractivity (Wildman–Crippen MR) is 383 cm³/mol. The van der Waals surface area contributed by atoms with Gasteiger partial charge in [0, 0.05) is 84.1 Å². The summed E-state index contributed by atoms with van der Waals surface area (Å²) in [6.07, 6.45) is -10.0. The number of nitrogen functional groups attached to an aromatic ring is 4. The highest BCUT2D eigenvalue weighted by Crippen LogP contribution is 2.37. The van der Waals surface area contributed by atoms with Gasteiger partial charge in [0.1, 0.15) is 70.1 Å². The molecule has 1 fully saturated rings. The first-order chi connectivity index (χ1) is 48.9. The summed E-state index contributed by atoms with van der Waals surface area (Å²) in [6.45, 7) is 16.3. The van der Waals surface area contributed by atoms with Gasteiger partial charge in [-0.05, 0) is 121 Å². The molecule has 570 valence electrons. The number of carbonyl (C=O) groups is 4. The quantitative estimate of drug-likeness (QED) is 0.0200. The molecular weight excluding hydrogens is 1380 g/mol. The number of nitrogens with zero attached hydrogens (tertiary/aromatic N) is 9. The molecule has 1 aliphatic heterocycles. The van der Waals surface area contributed by atoms with Gasteiger partial charge in [-0.15, -0.1) is 0 Å². The van der Waals surface area contributed by atoms with Crippen molar-refractivity contribution in [1.29, 1.82) is 0 Å². The van der Waals surface area contributed by atoms with Crippen molar-refractivity contribution in [2.45, 2.75) is 111 Å². The van der Waals surface area contributed by atoms with Crippen LogP contribution < -0.4 is 54.3 Å². The maximum Gasteiger partial charge on any atom is 0.418 e. The van der Waals surface area contributed by atoms with E-state index in [1.165, 1.54) is 73.3 Å². The Morgan fingerprint density at radius 1 is 0.596 bits per heavy atom. The zero-order valence-corrected chi connectivity index (χ0v) is 57.5. The Balaban J connectivity index is 0.00000142. The van der Waals surface area contributed by atoms with E-state index in [1.54, 1.807) is 18.2 Å². The van der Waals surface area contributed by atoms with Crippen molar-refractivity contribution in [2.24, 2.45) is 23.5 Å². The van der Waals surface area contributed by atoms with Gasteiger partial charge < -0.3 is 59.4 Å². The number of nitrogens with one attached hydrogen (secondary N) is 3. The van der Waals surface area contributed by atoms with Gasteiger partial charge in [-0.3, -0.25) is 19.2 Å². The maximum atomic E-state index is 13.3. The minimum atomic E-state index is -4.76. The number of alkyl halides is 11. The van der Waals surface area contributed by atoms with Gasteiger partial charge in [0.15, 0.2) is 0 Å². The average Bonchev–Trinajstić information content (AvgIpc) is 0.845. The van der Waals surface area contributed by atoms with Crippen LogP contribution in [0.5, 0.6) is 5.88 Å². The van der Waals surface area contributed by atoms with Crippen LogP contribution >= 0.6 is 0 Å². The van der Waals surface area contributed by atoms with Crippen LogP contribution in [0, 0.1) is 17.8 Å². The third-order valence-electron chi connectivity index (χ3n) is 15.6. The summed E-state index contributed by atoms with van der Waals surface area (Å²) < 4.78 is 151. The third kappa shape index (κ3) is 22.9. The number of ether oxygens (including phenoxy) is 1. The van der Waals surface area contributed by atoms with Gasteiger partial charge in [-0.2, -0.15) is 39.5 Å². The number of aromatic nitrogens is 8. The lowest BCUT2D eigenvalue weighted by Crippen LogP contribution is -2.51. The number of aliphatic hydroxyl groups is 1. The summed E-state index contributed by atoms with van der Waals surface area (Å²) in [5, 5.41) is 18.6. The lowest BCUT2D eigenvalue weighted by atomic mass is 10.0. The number of halogens is 11. The smallest absolute Gasteiger partial charge is 0.418 e. The second-order valence-corrected chi connectivity index (χ2v) is 24.6. The molecule has 0 bridgehead atoms. The van der Waals surface area contributed by atoms with E-state index < -0.39 is 94.3 Å². The number of piperazine rings is 1. The highest BCUT2D eigenvalue weighted by molar-refractivity contribution is 6.13. The standard InChI is InChI=1S/C21H27F2N5O.2C17H19F3N4O2.C15H15F3N4O.6H2/c1-13(2)10-15-12-28(9-8-25-15)18-6-5-14(11-17(22)23)19(27-18)20(29)16-4-3-7-26-21(16)24;1-9(2)12(8-25)23-13-6-5-11(17(18,19)20)14(24-13)15(26)10-4-3-7-22-16(10)21;1-9(2)12(21)8-26-13-6-5-11(17(18,19)20)14(24-13)15(25)10-4-3-7-23-16(10)22;1-2-7-20-11-6-5-10(15(16,17)18)12(22-11)13(23)9-4-3-8-21-14(9)19;;;;;;/h3-7,13,15,17,25H,8-12H2,1-2H3,(H2,24,26);3-7,9,12,25H,8H2,1-2H3,(H2,21,22)(H,23,24);3-7,9,12H,8,21H2,1-2H3,(H2,22,23);3-6,8H,2,7H2,1H3,(H2,19,21)(H,20,22);6*1H/t15-;;12-;;;;;;;/m0.1......./s1. The second kappa shape index (κ2) is 37.0. The van der Waals surface area contributed by atoms with Gasteiger partial charge in [0.25, 0.3) is 0 Å². The minimum absolute atomic E-state index is 0. The zero-order valence-electron chi connectivity index (χ0n) is 57.5. The van der Waals surface area contributed by atoms with Gasteiger partial charge in [-0.25, -0.2) is 48.7 Å². The van der Waals surface area contributed by atoms with E-state index >= 15 is 0 Å². The summed E-state index contributed by atoms with van der Waals surface area (Å²) in [6, 6.07) is 19.9. The molecular formula is C70H92F11N17O6. The van der Waals surface area contributed by atoms with Crippen molar-refractivity contribution in [2.75, 3.05) is 77.9 Å². The van der Waals surface area contributed by atoms with Crippen molar-refractivity contribution >= 4 is 63.9 Å². The fourth-order valence-electron chi connectivity index (χ4n) is 9.95. The van der Waals surface area contributed by atoms with E-state index in [0.29, 0.717) is 24.3 Å². The molecule has 104 heavy (non-hydrogen) atoms. The van der Waals surface area contributed by atoms with E-state index in [9.17, 15) is 72.6 Å². The van der Waals surface area contributed by atoms with Crippen LogP contribution in [0.2, 0.25) is 0 Å². The van der Waals surface area contributed by atoms with Crippen molar-refractivity contribution < 1.29 is 85.9 Å². The van der Waals surface area contributed by atoms with Gasteiger partial charge in [0.05, 0.1) is 51.6 Å². The van der Waals surface area contributed by atoms with Crippen LogP contribution in [0.3, 0.4) is 0 Å². The number of ketones is 4. The number of pyridine rings is 8. The summed E-state index contributed by atoms with van der Waals surface area (Å²) in [7, 11) is 0. The fourth-order valence-corrected chi connectivity index (χ4v) is 9.95. The van der Waals surface area contributed by atoms with Crippen molar-refractivity contribution in [1.82, 2.24) is 45.2 Å². The molecule has 0 amide bonds.